The quantitative estimate of drug-likeness (QED) is 0.704. The van der Waals surface area contributed by atoms with Gasteiger partial charge < -0.3 is 15.1 Å². The summed E-state index contributed by atoms with van der Waals surface area (Å²) in [6.45, 7) is 4.95. The average molecular weight is 277 g/mol. The highest BCUT2D eigenvalue weighted by molar-refractivity contribution is 5.94. The number of carboxylic acids is 1. The molecule has 0 saturated carbocycles. The number of rotatable bonds is 8. The molecule has 1 aromatic carbocycles. The van der Waals surface area contributed by atoms with E-state index in [1.165, 1.54) is 4.90 Å². The van der Waals surface area contributed by atoms with Crippen molar-refractivity contribution in [1.29, 1.82) is 0 Å². The van der Waals surface area contributed by atoms with Gasteiger partial charge in [-0.3, -0.25) is 9.59 Å². The summed E-state index contributed by atoms with van der Waals surface area (Å²) in [5.41, 5.74) is 1.07. The molecule has 0 aromatic heterocycles. The van der Waals surface area contributed by atoms with Gasteiger partial charge in [0.25, 0.3) is 0 Å². The number of Topliss-reactive ketones (excluding diaryl/α,β-unsaturated/α-hetero) is 1. The Morgan fingerprint density at radius 3 is 2.40 bits per heavy atom. The average Bonchev–Trinajstić information content (AvgIpc) is 2.38. The van der Waals surface area contributed by atoms with Crippen molar-refractivity contribution < 1.29 is 19.8 Å². The number of carbonyl (C=O) groups is 2. The zero-order valence-electron chi connectivity index (χ0n) is 11.5. The van der Waals surface area contributed by atoms with E-state index in [4.69, 9.17) is 5.11 Å². The number of anilines is 1. The lowest BCUT2D eigenvalue weighted by atomic mass is 10.1. The summed E-state index contributed by atoms with van der Waals surface area (Å²) in [7, 11) is 0. The third-order valence-corrected chi connectivity index (χ3v) is 2.78. The molecule has 0 aliphatic rings. The molecular formula is C15H19NO4. The molecular weight excluding hydrogens is 258 g/mol. The summed E-state index contributed by atoms with van der Waals surface area (Å²) in [5.74, 6) is -1.21. The SMILES string of the molecule is C=C(C)C(=O)CC(O)CN(CC(=O)O)c1ccccc1. The van der Waals surface area contributed by atoms with E-state index in [1.54, 1.807) is 31.2 Å². The Balaban J connectivity index is 2.73. The highest BCUT2D eigenvalue weighted by Crippen LogP contribution is 2.14. The van der Waals surface area contributed by atoms with E-state index in [-0.39, 0.29) is 25.3 Å². The topological polar surface area (TPSA) is 77.8 Å². The third kappa shape index (κ3) is 5.24. The zero-order chi connectivity index (χ0) is 15.1. The predicted molar refractivity (Wildman–Crippen MR) is 76.7 cm³/mol. The van der Waals surface area contributed by atoms with Crippen molar-refractivity contribution in [3.05, 3.63) is 42.5 Å². The number of nitrogens with zero attached hydrogens (tertiary/aromatic N) is 1. The zero-order valence-corrected chi connectivity index (χ0v) is 11.5. The maximum Gasteiger partial charge on any atom is 0.323 e. The van der Waals surface area contributed by atoms with Crippen molar-refractivity contribution in [3.63, 3.8) is 0 Å². The van der Waals surface area contributed by atoms with E-state index in [0.29, 0.717) is 11.3 Å². The van der Waals surface area contributed by atoms with Crippen LogP contribution in [0.1, 0.15) is 13.3 Å². The van der Waals surface area contributed by atoms with Crippen molar-refractivity contribution >= 4 is 17.4 Å². The monoisotopic (exact) mass is 277 g/mol. The number of aliphatic hydroxyl groups is 1. The fourth-order valence-electron chi connectivity index (χ4n) is 1.77. The van der Waals surface area contributed by atoms with Crippen molar-refractivity contribution in [2.24, 2.45) is 0 Å². The second-order valence-corrected chi connectivity index (χ2v) is 4.67. The van der Waals surface area contributed by atoms with Crippen LogP contribution in [-0.4, -0.2) is 41.2 Å². The molecule has 0 aliphatic carbocycles. The maximum atomic E-state index is 11.5. The summed E-state index contributed by atoms with van der Waals surface area (Å²) >= 11 is 0. The third-order valence-electron chi connectivity index (χ3n) is 2.78. The molecule has 20 heavy (non-hydrogen) atoms. The summed E-state index contributed by atoms with van der Waals surface area (Å²) in [5, 5.41) is 18.8. The molecule has 0 fully saturated rings. The molecule has 5 nitrogen and oxygen atoms in total. The molecule has 0 radical (unpaired) electrons. The van der Waals surface area contributed by atoms with Crippen LogP contribution in [0.25, 0.3) is 0 Å². The van der Waals surface area contributed by atoms with Gasteiger partial charge >= 0.3 is 5.97 Å². The summed E-state index contributed by atoms with van der Waals surface area (Å²) in [4.78, 5) is 23.9. The number of carboxylic acid groups (broad SMARTS) is 1. The van der Waals surface area contributed by atoms with Gasteiger partial charge in [0.15, 0.2) is 5.78 Å². The fraction of sp³-hybridized carbons (Fsp3) is 0.333. The second kappa shape index (κ2) is 7.45. The molecule has 0 bridgehead atoms. The van der Waals surface area contributed by atoms with Crippen molar-refractivity contribution in [2.75, 3.05) is 18.0 Å². The second-order valence-electron chi connectivity index (χ2n) is 4.67. The first-order chi connectivity index (χ1) is 9.40. The first-order valence-corrected chi connectivity index (χ1v) is 6.28. The van der Waals surface area contributed by atoms with Gasteiger partial charge in [-0.25, -0.2) is 0 Å². The number of benzene rings is 1. The number of aliphatic hydroxyl groups excluding tert-OH is 1. The van der Waals surface area contributed by atoms with Crippen LogP contribution in [0, 0.1) is 0 Å². The van der Waals surface area contributed by atoms with Gasteiger partial charge in [-0.15, -0.1) is 0 Å². The Bertz CT molecular complexity index is 484. The highest BCUT2D eigenvalue weighted by Gasteiger charge is 2.18. The Morgan fingerprint density at radius 1 is 1.30 bits per heavy atom. The van der Waals surface area contributed by atoms with Crippen LogP contribution in [0.4, 0.5) is 5.69 Å². The fourth-order valence-corrected chi connectivity index (χ4v) is 1.77. The van der Waals surface area contributed by atoms with Crippen LogP contribution < -0.4 is 4.90 Å². The normalized spacial score (nSPS) is 11.7. The predicted octanol–water partition coefficient (Wildman–Crippen LogP) is 1.47. The Kier molecular flexibility index (Phi) is 5.93. The van der Waals surface area contributed by atoms with E-state index < -0.39 is 12.1 Å². The van der Waals surface area contributed by atoms with Gasteiger partial charge in [0.2, 0.25) is 0 Å². The number of hydrogen-bond donors (Lipinski definition) is 2. The minimum absolute atomic E-state index is 0.0573. The van der Waals surface area contributed by atoms with Crippen molar-refractivity contribution in [1.82, 2.24) is 0 Å². The number of aliphatic carboxylic acids is 1. The van der Waals surface area contributed by atoms with Crippen LogP contribution in [0.3, 0.4) is 0 Å². The number of allylic oxidation sites excluding steroid dienone is 1. The Labute approximate surface area is 118 Å². The largest absolute Gasteiger partial charge is 0.480 e. The van der Waals surface area contributed by atoms with E-state index >= 15 is 0 Å². The summed E-state index contributed by atoms with van der Waals surface area (Å²) in [6.07, 6.45) is -0.989. The number of carbonyl (C=O) groups excluding carboxylic acids is 1. The van der Waals surface area contributed by atoms with Gasteiger partial charge in [0.05, 0.1) is 6.10 Å². The molecule has 0 amide bonds. The molecule has 108 valence electrons. The van der Waals surface area contributed by atoms with E-state index in [1.807, 2.05) is 6.07 Å². The molecule has 0 heterocycles. The summed E-state index contributed by atoms with van der Waals surface area (Å²) in [6, 6.07) is 8.92. The lowest BCUT2D eigenvalue weighted by Crippen LogP contribution is -2.37. The lowest BCUT2D eigenvalue weighted by Gasteiger charge is -2.25. The Hall–Kier alpha value is -2.14. The molecule has 1 rings (SSSR count). The smallest absolute Gasteiger partial charge is 0.323 e. The molecule has 0 saturated heterocycles. The number of hydrogen-bond acceptors (Lipinski definition) is 4. The molecule has 1 atom stereocenters. The molecule has 5 heteroatoms. The first kappa shape index (κ1) is 15.9. The number of ketones is 1. The van der Waals surface area contributed by atoms with Crippen LogP contribution >= 0.6 is 0 Å². The van der Waals surface area contributed by atoms with Crippen molar-refractivity contribution in [3.8, 4) is 0 Å². The molecule has 0 spiro atoms. The van der Waals surface area contributed by atoms with Crippen LogP contribution in [0.2, 0.25) is 0 Å². The van der Waals surface area contributed by atoms with Gasteiger partial charge in [0.1, 0.15) is 6.54 Å². The van der Waals surface area contributed by atoms with Gasteiger partial charge in [0, 0.05) is 18.7 Å². The standard InChI is InChI=1S/C15H19NO4/c1-11(2)14(18)8-13(17)9-16(10-15(19)20)12-6-4-3-5-7-12/h3-7,13,17H,1,8-10H2,2H3,(H,19,20). The van der Waals surface area contributed by atoms with Crippen molar-refractivity contribution in [2.45, 2.75) is 19.4 Å². The molecule has 2 N–H and O–H groups in total. The Morgan fingerprint density at radius 2 is 1.90 bits per heavy atom. The maximum absolute atomic E-state index is 11.5. The van der Waals surface area contributed by atoms with Crippen LogP contribution in [0.5, 0.6) is 0 Å². The molecule has 1 unspecified atom stereocenters. The van der Waals surface area contributed by atoms with Crippen LogP contribution in [0.15, 0.2) is 42.5 Å². The van der Waals surface area contributed by atoms with E-state index in [9.17, 15) is 14.7 Å². The lowest BCUT2D eigenvalue weighted by molar-refractivity contribution is -0.135. The minimum Gasteiger partial charge on any atom is -0.480 e. The highest BCUT2D eigenvalue weighted by atomic mass is 16.4. The van der Waals surface area contributed by atoms with E-state index in [0.717, 1.165) is 0 Å². The van der Waals surface area contributed by atoms with Gasteiger partial charge in [-0.1, -0.05) is 24.8 Å². The molecule has 1 aromatic rings. The van der Waals surface area contributed by atoms with Gasteiger partial charge in [-0.2, -0.15) is 0 Å². The first-order valence-electron chi connectivity index (χ1n) is 6.28. The summed E-state index contributed by atoms with van der Waals surface area (Å²) < 4.78 is 0. The van der Waals surface area contributed by atoms with Crippen LogP contribution in [-0.2, 0) is 9.59 Å². The molecule has 0 aliphatic heterocycles. The van der Waals surface area contributed by atoms with E-state index in [2.05, 4.69) is 6.58 Å². The minimum atomic E-state index is -0.993. The number of para-hydroxylation sites is 1. The van der Waals surface area contributed by atoms with Gasteiger partial charge in [-0.05, 0) is 24.6 Å².